The fourth-order valence-corrected chi connectivity index (χ4v) is 5.88. The molecule has 0 radical (unpaired) electrons. The lowest BCUT2D eigenvalue weighted by Gasteiger charge is -2.33. The van der Waals surface area contributed by atoms with Gasteiger partial charge in [0.05, 0.1) is 25.9 Å². The quantitative estimate of drug-likeness (QED) is 0.122. The predicted molar refractivity (Wildman–Crippen MR) is 179 cm³/mol. The minimum atomic E-state index is -0.798. The third-order valence-corrected chi connectivity index (χ3v) is 9.18. The second kappa shape index (κ2) is 18.7. The molecule has 1 unspecified atom stereocenters. The van der Waals surface area contributed by atoms with Crippen LogP contribution < -0.4 is 15.2 Å². The largest absolute Gasteiger partial charge is 0.493 e. The third kappa shape index (κ3) is 11.9. The van der Waals surface area contributed by atoms with Crippen LogP contribution >= 0.6 is 11.6 Å². The number of nitrogens with zero attached hydrogens (tertiary/aromatic N) is 1. The number of carbonyl (C=O) groups excluding carboxylic acids is 3. The van der Waals surface area contributed by atoms with Gasteiger partial charge in [0.2, 0.25) is 5.91 Å². The van der Waals surface area contributed by atoms with Crippen molar-refractivity contribution in [3.63, 3.8) is 0 Å². The summed E-state index contributed by atoms with van der Waals surface area (Å²) < 4.78 is 28.3. The molecule has 2 amide bonds. The molecule has 0 aliphatic carbocycles. The molecule has 262 valence electrons. The van der Waals surface area contributed by atoms with Gasteiger partial charge in [-0.1, -0.05) is 59.2 Å². The first kappa shape index (κ1) is 39.6. The van der Waals surface area contributed by atoms with E-state index in [1.54, 1.807) is 39.9 Å². The van der Waals surface area contributed by atoms with E-state index in [0.29, 0.717) is 44.0 Å². The first-order valence-electron chi connectivity index (χ1n) is 16.4. The van der Waals surface area contributed by atoms with Crippen molar-refractivity contribution in [1.82, 2.24) is 4.90 Å². The highest BCUT2D eigenvalue weighted by molar-refractivity contribution is 6.19. The molecule has 1 aromatic carbocycles. The average Bonchev–Trinajstić information content (AvgIpc) is 3.38. The van der Waals surface area contributed by atoms with Gasteiger partial charge in [0.15, 0.2) is 17.1 Å². The molecular weight excluding hydrogens is 612 g/mol. The number of amides is 2. The number of alkyl halides is 1. The Bertz CT molecular complexity index is 1130. The van der Waals surface area contributed by atoms with Gasteiger partial charge in [-0.15, -0.1) is 0 Å². The van der Waals surface area contributed by atoms with Crippen LogP contribution in [0.4, 0.5) is 4.79 Å². The van der Waals surface area contributed by atoms with E-state index in [0.717, 1.165) is 18.4 Å². The number of nitrogens with two attached hydrogens (primary N) is 1. The molecular formula is C35H57ClN2O8. The minimum absolute atomic E-state index is 0.0415. The molecule has 1 fully saturated rings. The van der Waals surface area contributed by atoms with E-state index in [9.17, 15) is 14.4 Å². The molecule has 1 aliphatic heterocycles. The molecule has 2 rings (SSSR count). The molecule has 0 aromatic heterocycles. The maximum Gasteiger partial charge on any atom is 0.413 e. The molecule has 10 nitrogen and oxygen atoms in total. The van der Waals surface area contributed by atoms with Crippen molar-refractivity contribution in [3.8, 4) is 11.5 Å². The Balaban J connectivity index is 2.32. The van der Waals surface area contributed by atoms with Gasteiger partial charge in [0.1, 0.15) is 12.5 Å². The van der Waals surface area contributed by atoms with Crippen LogP contribution in [-0.2, 0) is 30.2 Å². The van der Waals surface area contributed by atoms with Gasteiger partial charge in [-0.2, -0.15) is 0 Å². The maximum atomic E-state index is 13.5. The molecule has 11 heteroatoms. The van der Waals surface area contributed by atoms with Gasteiger partial charge in [-0.25, -0.2) is 4.79 Å². The molecule has 0 bridgehead atoms. The number of ketones is 1. The number of hydrogen-bond donors (Lipinski definition) is 1. The monoisotopic (exact) mass is 668 g/mol. The maximum absolute atomic E-state index is 13.5. The average molecular weight is 669 g/mol. The molecule has 5 atom stereocenters. The van der Waals surface area contributed by atoms with Crippen molar-refractivity contribution in [3.05, 3.63) is 23.8 Å². The van der Waals surface area contributed by atoms with Gasteiger partial charge in [0, 0.05) is 37.9 Å². The summed E-state index contributed by atoms with van der Waals surface area (Å²) in [5, 5.41) is 0. The molecule has 1 aliphatic rings. The van der Waals surface area contributed by atoms with Gasteiger partial charge in [0.25, 0.3) is 0 Å². The smallest absolute Gasteiger partial charge is 0.413 e. The van der Waals surface area contributed by atoms with Gasteiger partial charge < -0.3 is 29.4 Å². The number of rotatable bonds is 20. The highest BCUT2D eigenvalue weighted by Crippen LogP contribution is 2.36. The third-order valence-electron chi connectivity index (χ3n) is 9.09. The number of carbonyl (C=O) groups is 3. The highest BCUT2D eigenvalue weighted by Gasteiger charge is 2.43. The van der Waals surface area contributed by atoms with Crippen LogP contribution in [0.2, 0.25) is 0 Å². The van der Waals surface area contributed by atoms with E-state index in [1.807, 2.05) is 32.0 Å². The topological polar surface area (TPSA) is 127 Å². The number of ether oxygens (including phenoxy) is 5. The lowest BCUT2D eigenvalue weighted by molar-refractivity contribution is -0.129. The number of halogens is 1. The standard InChI is InChI=1S/C35H57ClN2O8/c1-22(2)26(17-25-11-12-30(43-9)32(18-25)44-16-10-15-42-8)19-28-31(45-21-38(28)34(41)46-24(5)36)20-27(23(3)4)29(39)13-14-35(6,7)33(37)40/h11-12,18,22-24,26-28,31H,10,13-17,19-21H2,1-9H3,(H2,37,40)/t24?,26-,27-,28-,31-/m0/s1. The Kier molecular flexibility index (Phi) is 16.1. The SMILES string of the molecule is COCCCOc1cc(C[C@@H](C[C@H]2[C@H](C[C@H](C(=O)CCC(C)(C)C(N)=O)C(C)C)OCN2C(=O)OC(C)Cl)C(C)C)ccc1OC. The molecule has 0 spiro atoms. The predicted octanol–water partition coefficient (Wildman–Crippen LogP) is 6.59. The summed E-state index contributed by atoms with van der Waals surface area (Å²) in [6.07, 6.45) is 2.29. The lowest BCUT2D eigenvalue weighted by atomic mass is 9.78. The first-order chi connectivity index (χ1) is 21.6. The van der Waals surface area contributed by atoms with Crippen molar-refractivity contribution in [1.29, 1.82) is 0 Å². The van der Waals surface area contributed by atoms with Crippen molar-refractivity contribution in [2.24, 2.45) is 34.8 Å². The molecule has 1 heterocycles. The summed E-state index contributed by atoms with van der Waals surface area (Å²) in [5.41, 5.74) is 5.07. The van der Waals surface area contributed by atoms with Gasteiger partial charge in [-0.05, 0) is 68.1 Å². The molecule has 1 aromatic rings. The number of hydrogen-bond acceptors (Lipinski definition) is 8. The van der Waals surface area contributed by atoms with Crippen molar-refractivity contribution in [2.75, 3.05) is 34.2 Å². The fraction of sp³-hybridized carbons (Fsp3) is 0.743. The lowest BCUT2D eigenvalue weighted by Crippen LogP contribution is -2.43. The Morgan fingerprint density at radius 3 is 2.30 bits per heavy atom. The summed E-state index contributed by atoms with van der Waals surface area (Å²) in [4.78, 5) is 40.2. The van der Waals surface area contributed by atoms with Crippen LogP contribution in [0.1, 0.15) is 86.1 Å². The van der Waals surface area contributed by atoms with Crippen molar-refractivity contribution in [2.45, 2.75) is 105 Å². The molecule has 0 saturated carbocycles. The molecule has 46 heavy (non-hydrogen) atoms. The first-order valence-corrected chi connectivity index (χ1v) is 16.9. The zero-order valence-corrected chi connectivity index (χ0v) is 30.1. The van der Waals surface area contributed by atoms with Crippen LogP contribution in [0, 0.1) is 29.1 Å². The van der Waals surface area contributed by atoms with E-state index < -0.39 is 23.0 Å². The number of methoxy groups -OCH3 is 2. The molecule has 2 N–H and O–H groups in total. The van der Waals surface area contributed by atoms with E-state index in [1.165, 1.54) is 0 Å². The Morgan fingerprint density at radius 1 is 1.04 bits per heavy atom. The number of primary amides is 1. The summed E-state index contributed by atoms with van der Waals surface area (Å²) in [6, 6.07) is 5.66. The van der Waals surface area contributed by atoms with E-state index in [2.05, 4.69) is 13.8 Å². The Hall–Kier alpha value is -2.56. The normalized spacial score (nSPS) is 18.8. The van der Waals surface area contributed by atoms with E-state index in [-0.39, 0.29) is 54.8 Å². The van der Waals surface area contributed by atoms with Crippen LogP contribution in [0.25, 0.3) is 0 Å². The summed E-state index contributed by atoms with van der Waals surface area (Å²) in [7, 11) is 3.29. The summed E-state index contributed by atoms with van der Waals surface area (Å²) in [6.45, 7) is 14.7. The van der Waals surface area contributed by atoms with E-state index in [4.69, 9.17) is 41.0 Å². The van der Waals surface area contributed by atoms with Crippen molar-refractivity contribution >= 4 is 29.4 Å². The zero-order valence-electron chi connectivity index (χ0n) is 29.3. The van der Waals surface area contributed by atoms with Crippen molar-refractivity contribution < 1.29 is 38.1 Å². The van der Waals surface area contributed by atoms with Crippen LogP contribution in [-0.4, -0.2) is 74.6 Å². The van der Waals surface area contributed by atoms with E-state index >= 15 is 0 Å². The van der Waals surface area contributed by atoms with Crippen LogP contribution in [0.3, 0.4) is 0 Å². The minimum Gasteiger partial charge on any atom is -0.493 e. The number of Topliss-reactive ketones (excluding diaryl/α,β-unsaturated/α-hetero) is 1. The van der Waals surface area contributed by atoms with Gasteiger partial charge in [-0.3, -0.25) is 14.5 Å². The fourth-order valence-electron chi connectivity index (χ4n) is 5.80. The Morgan fingerprint density at radius 2 is 1.74 bits per heavy atom. The number of benzene rings is 1. The summed E-state index contributed by atoms with van der Waals surface area (Å²) in [5.74, 6) is 1.16. The zero-order chi connectivity index (χ0) is 34.6. The highest BCUT2D eigenvalue weighted by atomic mass is 35.5. The molecule has 1 saturated heterocycles. The Labute approximate surface area is 280 Å². The van der Waals surface area contributed by atoms with Crippen LogP contribution in [0.15, 0.2) is 18.2 Å². The van der Waals surface area contributed by atoms with Crippen LogP contribution in [0.5, 0.6) is 11.5 Å². The second-order valence-corrected chi connectivity index (χ2v) is 14.3. The second-order valence-electron chi connectivity index (χ2n) is 13.7. The van der Waals surface area contributed by atoms with Gasteiger partial charge >= 0.3 is 6.09 Å². The summed E-state index contributed by atoms with van der Waals surface area (Å²) >= 11 is 6.04.